The van der Waals surface area contributed by atoms with Gasteiger partial charge in [0.15, 0.2) is 12.4 Å². The molecule has 6 aliphatic rings. The Kier molecular flexibility index (Phi) is 7.87. The van der Waals surface area contributed by atoms with Gasteiger partial charge in [0.05, 0.1) is 17.8 Å². The van der Waals surface area contributed by atoms with Gasteiger partial charge in [-0.05, 0) is 94.0 Å². The standard InChI is InChI=1S/C32H46O10/c1-17-26(36)27(38-4)28(41-18(2)34)29(40-17)42-21-7-11-31(16-33)20(14-21)5-6-24-23(31)8-10-30(3)22(9-12-32(24,30)37)19-13-25(35)39-15-19/h13,16-17,20-24,26-29,36-37H,5-12,14-15H2,1-4H3/t17-,20+,21-,22+,23+,24-,26-,27+,28-,29-,30+,31+,32-/m0/s1. The van der Waals surface area contributed by atoms with Crippen LogP contribution in [0.5, 0.6) is 0 Å². The van der Waals surface area contributed by atoms with Crippen molar-refractivity contribution in [1.82, 2.24) is 0 Å². The van der Waals surface area contributed by atoms with Crippen molar-refractivity contribution in [3.8, 4) is 0 Å². The molecule has 2 aliphatic heterocycles. The van der Waals surface area contributed by atoms with Gasteiger partial charge in [-0.25, -0.2) is 4.79 Å². The van der Waals surface area contributed by atoms with Gasteiger partial charge in [0, 0.05) is 30.9 Å². The molecule has 6 rings (SSSR count). The molecule has 0 aromatic carbocycles. The minimum Gasteiger partial charge on any atom is -0.458 e. The summed E-state index contributed by atoms with van der Waals surface area (Å²) < 4.78 is 28.7. The van der Waals surface area contributed by atoms with Crippen molar-refractivity contribution < 1.29 is 48.3 Å². The van der Waals surface area contributed by atoms with Crippen molar-refractivity contribution in [3.05, 3.63) is 11.6 Å². The number of aliphatic hydroxyl groups excluding tert-OH is 1. The van der Waals surface area contributed by atoms with Crippen LogP contribution < -0.4 is 0 Å². The lowest BCUT2D eigenvalue weighted by atomic mass is 9.43. The summed E-state index contributed by atoms with van der Waals surface area (Å²) in [6.45, 7) is 5.54. The summed E-state index contributed by atoms with van der Waals surface area (Å²) in [5, 5.41) is 23.0. The number of fused-ring (bicyclic) bond motifs is 5. The zero-order valence-electron chi connectivity index (χ0n) is 25.2. The predicted molar refractivity (Wildman–Crippen MR) is 148 cm³/mol. The zero-order valence-corrected chi connectivity index (χ0v) is 25.2. The molecule has 5 fully saturated rings. The Hall–Kier alpha value is -1.85. The lowest BCUT2D eigenvalue weighted by Gasteiger charge is -2.63. The van der Waals surface area contributed by atoms with Gasteiger partial charge in [-0.3, -0.25) is 4.79 Å². The maximum absolute atomic E-state index is 13.1. The number of hydrogen-bond acceptors (Lipinski definition) is 10. The molecular formula is C32H46O10. The van der Waals surface area contributed by atoms with Crippen LogP contribution in [0.4, 0.5) is 0 Å². The van der Waals surface area contributed by atoms with Crippen LogP contribution in [0.3, 0.4) is 0 Å². The molecule has 4 saturated carbocycles. The number of cyclic esters (lactones) is 1. The number of rotatable bonds is 6. The third kappa shape index (κ3) is 4.50. The van der Waals surface area contributed by atoms with E-state index in [1.54, 1.807) is 13.0 Å². The SMILES string of the molecule is CO[C@@H]1[C@@H](O)[C@H](C)O[C@@H](O[C@H]2CC[C@@]3(C=O)[C@H](CC[C@H]4[C@H]3CC[C@]3(C)[C@@H](C5=CC(=O)OC5)CC[C@]43O)C2)[C@H]1OC(C)=O. The van der Waals surface area contributed by atoms with Crippen molar-refractivity contribution in [2.24, 2.45) is 34.5 Å². The van der Waals surface area contributed by atoms with Gasteiger partial charge in [-0.15, -0.1) is 0 Å². The van der Waals surface area contributed by atoms with Gasteiger partial charge >= 0.3 is 11.9 Å². The van der Waals surface area contributed by atoms with Crippen molar-refractivity contribution >= 4 is 18.2 Å². The second-order valence-electron chi connectivity index (χ2n) is 14.0. The fourth-order valence-electron chi connectivity index (χ4n) is 10.3. The fourth-order valence-corrected chi connectivity index (χ4v) is 10.3. The van der Waals surface area contributed by atoms with Crippen LogP contribution >= 0.6 is 0 Å². The fraction of sp³-hybridized carbons (Fsp3) is 0.844. The monoisotopic (exact) mass is 590 g/mol. The van der Waals surface area contributed by atoms with Crippen LogP contribution in [0.25, 0.3) is 0 Å². The van der Waals surface area contributed by atoms with Crippen LogP contribution in [-0.4, -0.2) is 84.6 Å². The maximum Gasteiger partial charge on any atom is 0.331 e. The maximum atomic E-state index is 13.1. The molecular weight excluding hydrogens is 544 g/mol. The van der Waals surface area contributed by atoms with E-state index < -0.39 is 47.7 Å². The van der Waals surface area contributed by atoms with Crippen LogP contribution in [0, 0.1) is 34.5 Å². The summed E-state index contributed by atoms with van der Waals surface area (Å²) in [5.74, 6) is -0.462. The van der Waals surface area contributed by atoms with E-state index in [1.807, 2.05) is 0 Å². The van der Waals surface area contributed by atoms with Crippen LogP contribution in [0.15, 0.2) is 11.6 Å². The van der Waals surface area contributed by atoms with Crippen molar-refractivity contribution in [1.29, 1.82) is 0 Å². The highest BCUT2D eigenvalue weighted by atomic mass is 16.7. The molecule has 4 aliphatic carbocycles. The van der Waals surface area contributed by atoms with Crippen molar-refractivity contribution in [2.45, 2.75) is 121 Å². The molecule has 2 heterocycles. The quantitative estimate of drug-likeness (QED) is 0.270. The number of methoxy groups -OCH3 is 1. The number of ether oxygens (including phenoxy) is 5. The Labute approximate surface area is 247 Å². The average Bonchev–Trinajstić information content (AvgIpc) is 3.50. The van der Waals surface area contributed by atoms with E-state index in [9.17, 15) is 24.6 Å². The second kappa shape index (κ2) is 10.9. The Morgan fingerprint density at radius 1 is 1.10 bits per heavy atom. The molecule has 0 spiro atoms. The van der Waals surface area contributed by atoms with E-state index in [0.29, 0.717) is 32.3 Å². The number of aldehydes is 1. The number of aliphatic hydroxyl groups is 2. The molecule has 10 nitrogen and oxygen atoms in total. The van der Waals surface area contributed by atoms with Crippen LogP contribution in [0.2, 0.25) is 0 Å². The first-order chi connectivity index (χ1) is 20.0. The molecule has 2 N–H and O–H groups in total. The molecule has 0 unspecified atom stereocenters. The van der Waals surface area contributed by atoms with E-state index in [4.69, 9.17) is 23.7 Å². The predicted octanol–water partition coefficient (Wildman–Crippen LogP) is 2.86. The normalized spacial score (nSPS) is 50.1. The highest BCUT2D eigenvalue weighted by Crippen LogP contribution is 2.69. The minimum atomic E-state index is -0.973. The Morgan fingerprint density at radius 3 is 2.55 bits per heavy atom. The number of hydrogen-bond donors (Lipinski definition) is 2. The third-order valence-electron chi connectivity index (χ3n) is 12.4. The zero-order chi connectivity index (χ0) is 30.0. The van der Waals surface area contributed by atoms with Gasteiger partial charge < -0.3 is 38.7 Å². The first-order valence-corrected chi connectivity index (χ1v) is 15.7. The second-order valence-corrected chi connectivity index (χ2v) is 14.0. The number of carbonyl (C=O) groups excluding carboxylic acids is 3. The molecule has 10 heteroatoms. The van der Waals surface area contributed by atoms with Crippen LogP contribution in [-0.2, 0) is 38.1 Å². The van der Waals surface area contributed by atoms with E-state index in [0.717, 1.165) is 37.7 Å². The highest BCUT2D eigenvalue weighted by molar-refractivity contribution is 5.85. The molecule has 1 saturated heterocycles. The van der Waals surface area contributed by atoms with Gasteiger partial charge in [0.25, 0.3) is 0 Å². The first-order valence-electron chi connectivity index (χ1n) is 15.7. The number of carbonyl (C=O) groups is 3. The Morgan fingerprint density at radius 2 is 1.88 bits per heavy atom. The van der Waals surface area contributed by atoms with Gasteiger partial charge in [0.2, 0.25) is 0 Å². The highest BCUT2D eigenvalue weighted by Gasteiger charge is 2.68. The molecule has 13 atom stereocenters. The van der Waals surface area contributed by atoms with Gasteiger partial charge in [-0.2, -0.15) is 0 Å². The summed E-state index contributed by atoms with van der Waals surface area (Å²) in [5.41, 5.74) is -0.761. The summed E-state index contributed by atoms with van der Waals surface area (Å²) in [6.07, 6.45) is 5.29. The molecule has 0 aromatic rings. The molecule has 0 amide bonds. The number of esters is 2. The molecule has 234 valence electrons. The van der Waals surface area contributed by atoms with E-state index in [-0.39, 0.29) is 41.2 Å². The average molecular weight is 591 g/mol. The molecule has 0 radical (unpaired) electrons. The van der Waals surface area contributed by atoms with Crippen LogP contribution in [0.1, 0.15) is 78.6 Å². The first kappa shape index (κ1) is 30.2. The topological polar surface area (TPSA) is 138 Å². The van der Waals surface area contributed by atoms with Crippen molar-refractivity contribution in [3.63, 3.8) is 0 Å². The van der Waals surface area contributed by atoms with Gasteiger partial charge in [0.1, 0.15) is 25.1 Å². The smallest absolute Gasteiger partial charge is 0.331 e. The molecule has 0 bridgehead atoms. The lowest BCUT2D eigenvalue weighted by molar-refractivity contribution is -0.315. The Bertz CT molecular complexity index is 1120. The third-order valence-corrected chi connectivity index (χ3v) is 12.4. The summed E-state index contributed by atoms with van der Waals surface area (Å²) in [4.78, 5) is 36.8. The van der Waals surface area contributed by atoms with Crippen molar-refractivity contribution in [2.75, 3.05) is 13.7 Å². The Balaban J connectivity index is 1.19. The van der Waals surface area contributed by atoms with Gasteiger partial charge in [-0.1, -0.05) is 6.92 Å². The lowest BCUT2D eigenvalue weighted by Crippen LogP contribution is -2.64. The summed E-state index contributed by atoms with van der Waals surface area (Å²) >= 11 is 0. The summed E-state index contributed by atoms with van der Waals surface area (Å²) in [6, 6.07) is 0. The van der Waals surface area contributed by atoms with E-state index >= 15 is 0 Å². The minimum absolute atomic E-state index is 0.0265. The molecule has 42 heavy (non-hydrogen) atoms. The molecule has 0 aromatic heterocycles. The summed E-state index contributed by atoms with van der Waals surface area (Å²) in [7, 11) is 1.46. The van der Waals surface area contributed by atoms with E-state index in [1.165, 1.54) is 20.3 Å². The van der Waals surface area contributed by atoms with E-state index in [2.05, 4.69) is 6.92 Å². The largest absolute Gasteiger partial charge is 0.458 e.